The summed E-state index contributed by atoms with van der Waals surface area (Å²) in [5.41, 5.74) is 6.27. The second-order valence-electron chi connectivity index (χ2n) is 3.15. The van der Waals surface area contributed by atoms with Gasteiger partial charge in [0, 0.05) is 19.9 Å². The van der Waals surface area contributed by atoms with Crippen LogP contribution in [0.4, 0.5) is 0 Å². The molecule has 6 nitrogen and oxygen atoms in total. The highest BCUT2D eigenvalue weighted by Gasteiger charge is 2.10. The van der Waals surface area contributed by atoms with Crippen molar-refractivity contribution in [3.63, 3.8) is 0 Å². The SMILES string of the molecule is COC(CN)CC(=O)NCc1cnc[nH]1. The van der Waals surface area contributed by atoms with Crippen LogP contribution in [-0.2, 0) is 16.1 Å². The first-order valence-electron chi connectivity index (χ1n) is 4.73. The summed E-state index contributed by atoms with van der Waals surface area (Å²) in [6.45, 7) is 0.786. The normalized spacial score (nSPS) is 12.4. The summed E-state index contributed by atoms with van der Waals surface area (Å²) in [5, 5.41) is 2.74. The monoisotopic (exact) mass is 212 g/mol. The van der Waals surface area contributed by atoms with Crippen molar-refractivity contribution >= 4 is 5.91 Å². The van der Waals surface area contributed by atoms with Crippen molar-refractivity contribution in [2.75, 3.05) is 13.7 Å². The van der Waals surface area contributed by atoms with Crippen LogP contribution in [0.5, 0.6) is 0 Å². The highest BCUT2D eigenvalue weighted by molar-refractivity contribution is 5.76. The number of carbonyl (C=O) groups excluding carboxylic acids is 1. The standard InChI is InChI=1S/C9H16N4O2/c1-15-8(3-10)2-9(14)12-5-7-4-11-6-13-7/h4,6,8H,2-3,5,10H2,1H3,(H,11,13)(H,12,14). The van der Waals surface area contributed by atoms with E-state index in [1.807, 2.05) is 0 Å². The fourth-order valence-corrected chi connectivity index (χ4v) is 1.12. The molecule has 0 aromatic carbocycles. The van der Waals surface area contributed by atoms with Gasteiger partial charge >= 0.3 is 0 Å². The van der Waals surface area contributed by atoms with E-state index in [-0.39, 0.29) is 18.4 Å². The Kier molecular flexibility index (Phi) is 4.79. The van der Waals surface area contributed by atoms with Crippen molar-refractivity contribution in [1.82, 2.24) is 15.3 Å². The van der Waals surface area contributed by atoms with Gasteiger partial charge in [-0.1, -0.05) is 0 Å². The molecular weight excluding hydrogens is 196 g/mol. The maximum absolute atomic E-state index is 11.4. The number of hydrogen-bond acceptors (Lipinski definition) is 4. The van der Waals surface area contributed by atoms with E-state index in [0.29, 0.717) is 13.1 Å². The number of amides is 1. The highest BCUT2D eigenvalue weighted by Crippen LogP contribution is 1.96. The van der Waals surface area contributed by atoms with E-state index in [9.17, 15) is 4.79 Å². The number of aromatic nitrogens is 2. The van der Waals surface area contributed by atoms with Crippen molar-refractivity contribution in [3.05, 3.63) is 18.2 Å². The van der Waals surface area contributed by atoms with Gasteiger partial charge in [-0.05, 0) is 0 Å². The van der Waals surface area contributed by atoms with Gasteiger partial charge < -0.3 is 20.8 Å². The van der Waals surface area contributed by atoms with Gasteiger partial charge in [0.2, 0.25) is 5.91 Å². The average Bonchev–Trinajstić information content (AvgIpc) is 2.75. The summed E-state index contributed by atoms with van der Waals surface area (Å²) in [7, 11) is 1.54. The highest BCUT2D eigenvalue weighted by atomic mass is 16.5. The topological polar surface area (TPSA) is 93.0 Å². The van der Waals surface area contributed by atoms with Crippen LogP contribution >= 0.6 is 0 Å². The molecular formula is C9H16N4O2. The van der Waals surface area contributed by atoms with Gasteiger partial charge in [-0.25, -0.2) is 4.98 Å². The van der Waals surface area contributed by atoms with Gasteiger partial charge in [0.1, 0.15) is 0 Å². The van der Waals surface area contributed by atoms with Crippen LogP contribution in [0, 0.1) is 0 Å². The maximum Gasteiger partial charge on any atom is 0.222 e. The number of ether oxygens (including phenoxy) is 1. The zero-order valence-electron chi connectivity index (χ0n) is 8.69. The first kappa shape index (κ1) is 11.7. The van der Waals surface area contributed by atoms with E-state index in [1.165, 1.54) is 0 Å². The van der Waals surface area contributed by atoms with Gasteiger partial charge in [-0.15, -0.1) is 0 Å². The summed E-state index contributed by atoms with van der Waals surface area (Å²) in [6, 6.07) is 0. The second kappa shape index (κ2) is 6.15. The molecule has 1 amide bonds. The van der Waals surface area contributed by atoms with Gasteiger partial charge in [0.25, 0.3) is 0 Å². The van der Waals surface area contributed by atoms with Gasteiger partial charge in [-0.3, -0.25) is 4.79 Å². The van der Waals surface area contributed by atoms with Crippen molar-refractivity contribution in [2.24, 2.45) is 5.73 Å². The number of aromatic amines is 1. The van der Waals surface area contributed by atoms with Crippen molar-refractivity contribution < 1.29 is 9.53 Å². The molecule has 4 N–H and O–H groups in total. The lowest BCUT2D eigenvalue weighted by molar-refractivity contribution is -0.123. The number of H-pyrrole nitrogens is 1. The summed E-state index contributed by atoms with van der Waals surface area (Å²) < 4.78 is 5.00. The second-order valence-corrected chi connectivity index (χ2v) is 3.15. The number of imidazole rings is 1. The fraction of sp³-hybridized carbons (Fsp3) is 0.556. The van der Waals surface area contributed by atoms with Gasteiger partial charge in [0.05, 0.1) is 31.1 Å². The van der Waals surface area contributed by atoms with Crippen LogP contribution in [0.3, 0.4) is 0 Å². The lowest BCUT2D eigenvalue weighted by Gasteiger charge is -2.11. The molecule has 0 aliphatic carbocycles. The minimum absolute atomic E-state index is 0.0816. The molecule has 0 radical (unpaired) electrons. The Labute approximate surface area is 88.2 Å². The molecule has 0 aliphatic rings. The molecule has 1 heterocycles. The smallest absolute Gasteiger partial charge is 0.222 e. The van der Waals surface area contributed by atoms with E-state index in [1.54, 1.807) is 19.6 Å². The number of methoxy groups -OCH3 is 1. The summed E-state index contributed by atoms with van der Waals surface area (Å²) in [6.07, 6.45) is 3.30. The molecule has 1 aromatic rings. The van der Waals surface area contributed by atoms with E-state index >= 15 is 0 Å². The van der Waals surface area contributed by atoms with Gasteiger partial charge in [-0.2, -0.15) is 0 Å². The number of nitrogens with zero attached hydrogens (tertiary/aromatic N) is 1. The van der Waals surface area contributed by atoms with E-state index < -0.39 is 0 Å². The molecule has 0 saturated carbocycles. The third-order valence-corrected chi connectivity index (χ3v) is 2.04. The largest absolute Gasteiger partial charge is 0.380 e. The first-order chi connectivity index (χ1) is 7.26. The molecule has 0 spiro atoms. The Hall–Kier alpha value is -1.40. The van der Waals surface area contributed by atoms with E-state index in [0.717, 1.165) is 5.69 Å². The quantitative estimate of drug-likeness (QED) is 0.586. The average molecular weight is 212 g/mol. The summed E-state index contributed by atoms with van der Waals surface area (Å²) >= 11 is 0. The fourth-order valence-electron chi connectivity index (χ4n) is 1.12. The summed E-state index contributed by atoms with van der Waals surface area (Å²) in [4.78, 5) is 18.1. The number of carbonyl (C=O) groups is 1. The number of nitrogens with one attached hydrogen (secondary N) is 2. The molecule has 6 heteroatoms. The van der Waals surface area contributed by atoms with Crippen LogP contribution in [-0.4, -0.2) is 35.6 Å². The van der Waals surface area contributed by atoms with Crippen molar-refractivity contribution in [2.45, 2.75) is 19.1 Å². The molecule has 1 aromatic heterocycles. The minimum atomic E-state index is -0.216. The zero-order valence-corrected chi connectivity index (χ0v) is 8.69. The molecule has 0 aliphatic heterocycles. The molecule has 0 bridgehead atoms. The number of hydrogen-bond donors (Lipinski definition) is 3. The Morgan fingerprint density at radius 1 is 1.80 bits per heavy atom. The molecule has 1 atom stereocenters. The van der Waals surface area contributed by atoms with Crippen LogP contribution in [0.15, 0.2) is 12.5 Å². The molecule has 0 saturated heterocycles. The molecule has 15 heavy (non-hydrogen) atoms. The van der Waals surface area contributed by atoms with Crippen LogP contribution in [0.25, 0.3) is 0 Å². The Morgan fingerprint density at radius 2 is 2.60 bits per heavy atom. The van der Waals surface area contributed by atoms with Crippen LogP contribution in [0.2, 0.25) is 0 Å². The van der Waals surface area contributed by atoms with Crippen LogP contribution < -0.4 is 11.1 Å². The maximum atomic E-state index is 11.4. The number of nitrogens with two attached hydrogens (primary N) is 1. The predicted molar refractivity (Wildman–Crippen MR) is 54.9 cm³/mol. The predicted octanol–water partition coefficient (Wildman–Crippen LogP) is -0.610. The number of rotatable bonds is 6. The van der Waals surface area contributed by atoms with Crippen LogP contribution in [0.1, 0.15) is 12.1 Å². The Morgan fingerprint density at radius 3 is 3.13 bits per heavy atom. The summed E-state index contributed by atoms with van der Waals surface area (Å²) in [5.74, 6) is -0.0816. The molecule has 1 unspecified atom stereocenters. The Bertz CT molecular complexity index is 282. The lowest BCUT2D eigenvalue weighted by Crippen LogP contribution is -2.31. The first-order valence-corrected chi connectivity index (χ1v) is 4.73. The molecule has 1 rings (SSSR count). The van der Waals surface area contributed by atoms with E-state index in [4.69, 9.17) is 10.5 Å². The van der Waals surface area contributed by atoms with Crippen molar-refractivity contribution in [3.8, 4) is 0 Å². The third kappa shape index (κ3) is 4.09. The lowest BCUT2D eigenvalue weighted by atomic mass is 10.2. The zero-order chi connectivity index (χ0) is 11.1. The molecule has 84 valence electrons. The van der Waals surface area contributed by atoms with Gasteiger partial charge in [0.15, 0.2) is 0 Å². The minimum Gasteiger partial charge on any atom is -0.380 e. The Balaban J connectivity index is 2.24. The molecule has 0 fully saturated rings. The van der Waals surface area contributed by atoms with E-state index in [2.05, 4.69) is 15.3 Å². The third-order valence-electron chi connectivity index (χ3n) is 2.04. The van der Waals surface area contributed by atoms with Crippen molar-refractivity contribution in [1.29, 1.82) is 0 Å².